The molecule has 8 rings (SSSR count). The molecule has 5 aromatic rings. The van der Waals surface area contributed by atoms with E-state index in [4.69, 9.17) is 0 Å². The van der Waals surface area contributed by atoms with Crippen LogP contribution >= 0.6 is 0 Å². The Morgan fingerprint density at radius 1 is 0.690 bits per heavy atom. The van der Waals surface area contributed by atoms with Gasteiger partial charge in [0.05, 0.1) is 11.5 Å². The summed E-state index contributed by atoms with van der Waals surface area (Å²) in [5.41, 5.74) is 7.64. The molecule has 2 bridgehead atoms. The molecule has 3 heteroatoms. The fourth-order valence-electron chi connectivity index (χ4n) is 5.49. The number of aromatic nitrogens is 2. The number of fused-ring (bicyclic) bond motifs is 3. The van der Waals surface area contributed by atoms with Crippen LogP contribution < -0.4 is 5.56 Å². The van der Waals surface area contributed by atoms with Crippen molar-refractivity contribution in [2.24, 2.45) is 0 Å². The number of hydrogen-bond donors (Lipinski definition) is 0. The van der Waals surface area contributed by atoms with E-state index in [-0.39, 0.29) is 17.4 Å². The second-order valence-electron chi connectivity index (χ2n) is 7.94. The van der Waals surface area contributed by atoms with Crippen LogP contribution in [0.1, 0.15) is 45.3 Å². The SMILES string of the molecule is O=c1nc2c3ccccc3ccn2c2c1C1c3ccccc3C2c2ccccc21. The Bertz CT molecular complexity index is 1500. The van der Waals surface area contributed by atoms with Crippen LogP contribution in [0.3, 0.4) is 0 Å². The predicted molar refractivity (Wildman–Crippen MR) is 114 cm³/mol. The number of nitrogens with zero attached hydrogens (tertiary/aromatic N) is 2. The highest BCUT2D eigenvalue weighted by Crippen LogP contribution is 2.54. The number of rotatable bonds is 0. The van der Waals surface area contributed by atoms with Gasteiger partial charge in [-0.05, 0) is 33.7 Å². The molecule has 0 N–H and O–H groups in total. The van der Waals surface area contributed by atoms with Gasteiger partial charge in [0.2, 0.25) is 0 Å². The maximum absolute atomic E-state index is 13.4. The zero-order valence-electron chi connectivity index (χ0n) is 15.5. The Balaban J connectivity index is 1.70. The first-order chi connectivity index (χ1) is 14.3. The molecule has 0 atom stereocenters. The van der Waals surface area contributed by atoms with E-state index >= 15 is 0 Å². The number of benzene rings is 3. The Kier molecular flexibility index (Phi) is 2.73. The maximum Gasteiger partial charge on any atom is 0.277 e. The standard InChI is InChI=1S/C26H16N2O/c29-26-23-21-17-9-3-5-11-19(17)22(20-12-6-4-10-18(20)21)24(23)28-14-13-15-7-1-2-8-16(15)25(28)27-26/h1-14,21-22H. The molecule has 3 aliphatic rings. The van der Waals surface area contributed by atoms with Crippen molar-refractivity contribution < 1.29 is 0 Å². The fraction of sp³-hybridized carbons (Fsp3) is 0.0769. The highest BCUT2D eigenvalue weighted by Gasteiger charge is 2.44. The Hall–Kier alpha value is -3.72. The monoisotopic (exact) mass is 372 g/mol. The minimum absolute atomic E-state index is 0.0479. The number of pyridine rings is 1. The third kappa shape index (κ3) is 1.78. The van der Waals surface area contributed by atoms with E-state index in [2.05, 4.69) is 76.2 Å². The minimum Gasteiger partial charge on any atom is -0.303 e. The van der Waals surface area contributed by atoms with Gasteiger partial charge in [-0.25, -0.2) is 0 Å². The average molecular weight is 372 g/mol. The molecule has 3 nitrogen and oxygen atoms in total. The van der Waals surface area contributed by atoms with Gasteiger partial charge in [-0.2, -0.15) is 4.98 Å². The van der Waals surface area contributed by atoms with Crippen molar-refractivity contribution >= 4 is 16.4 Å². The third-order valence-electron chi connectivity index (χ3n) is 6.60. The van der Waals surface area contributed by atoms with Crippen molar-refractivity contribution in [2.75, 3.05) is 0 Å². The highest BCUT2D eigenvalue weighted by molar-refractivity contribution is 5.94. The van der Waals surface area contributed by atoms with Crippen LogP contribution in [0, 0.1) is 0 Å². The molecular formula is C26H16N2O. The smallest absolute Gasteiger partial charge is 0.277 e. The fourth-order valence-corrected chi connectivity index (χ4v) is 5.49. The Morgan fingerprint density at radius 3 is 1.97 bits per heavy atom. The van der Waals surface area contributed by atoms with Crippen LogP contribution in [0.15, 0.2) is 89.9 Å². The maximum atomic E-state index is 13.4. The van der Waals surface area contributed by atoms with Crippen molar-refractivity contribution in [1.82, 2.24) is 9.38 Å². The van der Waals surface area contributed by atoms with Crippen molar-refractivity contribution in [3.8, 4) is 0 Å². The summed E-state index contributed by atoms with van der Waals surface area (Å²) in [4.78, 5) is 18.0. The predicted octanol–water partition coefficient (Wildman–Crippen LogP) is 4.83. The summed E-state index contributed by atoms with van der Waals surface area (Å²) in [5.74, 6) is -0.00228. The van der Waals surface area contributed by atoms with Gasteiger partial charge in [0, 0.05) is 23.2 Å². The molecular weight excluding hydrogens is 356 g/mol. The second kappa shape index (κ2) is 5.21. The van der Waals surface area contributed by atoms with Gasteiger partial charge in [-0.3, -0.25) is 4.79 Å². The molecule has 29 heavy (non-hydrogen) atoms. The average Bonchev–Trinajstić information content (AvgIpc) is 2.78. The lowest BCUT2D eigenvalue weighted by Crippen LogP contribution is -2.35. The van der Waals surface area contributed by atoms with E-state index in [9.17, 15) is 4.79 Å². The molecule has 2 heterocycles. The molecule has 2 aromatic heterocycles. The summed E-state index contributed by atoms with van der Waals surface area (Å²) < 4.78 is 2.16. The van der Waals surface area contributed by atoms with Crippen LogP contribution in [0.25, 0.3) is 16.4 Å². The molecule has 3 aromatic carbocycles. The van der Waals surface area contributed by atoms with Crippen LogP contribution in [0.5, 0.6) is 0 Å². The molecule has 0 amide bonds. The molecule has 0 spiro atoms. The van der Waals surface area contributed by atoms with Gasteiger partial charge in [0.15, 0.2) is 0 Å². The lowest BCUT2D eigenvalue weighted by molar-refractivity contribution is 0.699. The van der Waals surface area contributed by atoms with E-state index in [1.54, 1.807) is 0 Å². The van der Waals surface area contributed by atoms with E-state index in [1.165, 1.54) is 22.3 Å². The summed E-state index contributed by atoms with van der Waals surface area (Å²) in [6.07, 6.45) is 2.08. The van der Waals surface area contributed by atoms with Crippen LogP contribution in [0.2, 0.25) is 0 Å². The molecule has 0 aliphatic heterocycles. The van der Waals surface area contributed by atoms with Crippen LogP contribution in [-0.4, -0.2) is 9.38 Å². The lowest BCUT2D eigenvalue weighted by Gasteiger charge is -2.41. The molecule has 0 saturated heterocycles. The number of hydrogen-bond acceptors (Lipinski definition) is 2. The van der Waals surface area contributed by atoms with E-state index in [0.29, 0.717) is 0 Å². The third-order valence-corrected chi connectivity index (χ3v) is 6.60. The van der Waals surface area contributed by atoms with Gasteiger partial charge < -0.3 is 4.40 Å². The van der Waals surface area contributed by atoms with Gasteiger partial charge >= 0.3 is 0 Å². The zero-order valence-corrected chi connectivity index (χ0v) is 15.5. The van der Waals surface area contributed by atoms with Crippen molar-refractivity contribution in [2.45, 2.75) is 11.8 Å². The molecule has 0 fully saturated rings. The van der Waals surface area contributed by atoms with Crippen molar-refractivity contribution in [1.29, 1.82) is 0 Å². The summed E-state index contributed by atoms with van der Waals surface area (Å²) in [6, 6.07) is 27.4. The van der Waals surface area contributed by atoms with Crippen molar-refractivity contribution in [3.63, 3.8) is 0 Å². The molecule has 0 saturated carbocycles. The topological polar surface area (TPSA) is 34.4 Å². The molecule has 0 radical (unpaired) electrons. The van der Waals surface area contributed by atoms with Gasteiger partial charge in [0.1, 0.15) is 5.65 Å². The zero-order chi connectivity index (χ0) is 19.1. The van der Waals surface area contributed by atoms with Gasteiger partial charge in [0.25, 0.3) is 5.56 Å². The van der Waals surface area contributed by atoms with E-state index in [1.807, 2.05) is 18.2 Å². The first-order valence-corrected chi connectivity index (χ1v) is 9.94. The highest BCUT2D eigenvalue weighted by atomic mass is 16.1. The van der Waals surface area contributed by atoms with Gasteiger partial charge in [-0.1, -0.05) is 72.8 Å². The summed E-state index contributed by atoms with van der Waals surface area (Å²) in [6.45, 7) is 0. The van der Waals surface area contributed by atoms with E-state index in [0.717, 1.165) is 27.7 Å². The summed E-state index contributed by atoms with van der Waals surface area (Å²) in [7, 11) is 0. The quantitative estimate of drug-likeness (QED) is 0.357. The van der Waals surface area contributed by atoms with Crippen LogP contribution in [0.4, 0.5) is 0 Å². The Labute approximate surface area is 166 Å². The van der Waals surface area contributed by atoms with Crippen LogP contribution in [-0.2, 0) is 0 Å². The largest absolute Gasteiger partial charge is 0.303 e. The Morgan fingerprint density at radius 2 is 1.28 bits per heavy atom. The summed E-state index contributed by atoms with van der Waals surface area (Å²) >= 11 is 0. The first kappa shape index (κ1) is 15.2. The minimum atomic E-state index is -0.102. The van der Waals surface area contributed by atoms with Crippen molar-refractivity contribution in [3.05, 3.63) is 129 Å². The molecule has 3 aliphatic carbocycles. The lowest BCUT2D eigenvalue weighted by atomic mass is 9.63. The van der Waals surface area contributed by atoms with Gasteiger partial charge in [-0.15, -0.1) is 0 Å². The second-order valence-corrected chi connectivity index (χ2v) is 7.94. The summed E-state index contributed by atoms with van der Waals surface area (Å²) in [5, 5.41) is 2.11. The normalized spacial score (nSPS) is 18.5. The van der Waals surface area contributed by atoms with E-state index < -0.39 is 0 Å². The first-order valence-electron chi connectivity index (χ1n) is 9.94. The molecule has 136 valence electrons. The molecule has 0 unspecified atom stereocenters.